The first-order chi connectivity index (χ1) is 12.0. The van der Waals surface area contributed by atoms with E-state index in [1.165, 1.54) is 12.1 Å². The Hall–Kier alpha value is -2.60. The van der Waals surface area contributed by atoms with Gasteiger partial charge in [0.1, 0.15) is 17.3 Å². The summed E-state index contributed by atoms with van der Waals surface area (Å²) in [6.45, 7) is 0.473. The molecule has 0 fully saturated rings. The van der Waals surface area contributed by atoms with E-state index in [4.69, 9.17) is 9.47 Å². The lowest BCUT2D eigenvalue weighted by Crippen LogP contribution is -2.37. The summed E-state index contributed by atoms with van der Waals surface area (Å²) in [7, 11) is 3.15. The molecule has 0 aromatic heterocycles. The van der Waals surface area contributed by atoms with E-state index in [9.17, 15) is 14.3 Å². The summed E-state index contributed by atoms with van der Waals surface area (Å²) in [5.41, 5.74) is 2.15. The lowest BCUT2D eigenvalue weighted by Gasteiger charge is -2.29. The van der Waals surface area contributed by atoms with E-state index in [0.717, 1.165) is 5.56 Å². The number of nitrogens with zero attached hydrogens (tertiary/aromatic N) is 1. The second kappa shape index (κ2) is 7.11. The molecular weight excluding hydrogens is 325 g/mol. The van der Waals surface area contributed by atoms with Crippen LogP contribution in [-0.2, 0) is 19.6 Å². The molecule has 5 nitrogen and oxygen atoms in total. The molecule has 0 unspecified atom stereocenters. The Balaban J connectivity index is 1.87. The average molecular weight is 345 g/mol. The van der Waals surface area contributed by atoms with Crippen LogP contribution in [0.1, 0.15) is 27.0 Å². The summed E-state index contributed by atoms with van der Waals surface area (Å²) in [5.74, 6) is 0.672. The van der Waals surface area contributed by atoms with Crippen molar-refractivity contribution in [3.05, 3.63) is 58.4 Å². The summed E-state index contributed by atoms with van der Waals surface area (Å²) in [6, 6.07) is 8.29. The molecule has 1 N–H and O–H groups in total. The molecule has 0 saturated heterocycles. The third-order valence-corrected chi connectivity index (χ3v) is 4.40. The van der Waals surface area contributed by atoms with Crippen molar-refractivity contribution in [2.75, 3.05) is 20.8 Å². The summed E-state index contributed by atoms with van der Waals surface area (Å²) in [5, 5.41) is 9.23. The second-order valence-electron chi connectivity index (χ2n) is 5.96. The summed E-state index contributed by atoms with van der Waals surface area (Å²) in [6.07, 6.45) is 0.574. The fourth-order valence-corrected chi connectivity index (χ4v) is 3.04. The number of hydrogen-bond acceptors (Lipinski definition) is 4. The van der Waals surface area contributed by atoms with Crippen molar-refractivity contribution < 1.29 is 23.8 Å². The number of ether oxygens (including phenoxy) is 2. The molecule has 3 rings (SSSR count). The fraction of sp³-hybridized carbons (Fsp3) is 0.316. The van der Waals surface area contributed by atoms with Gasteiger partial charge in [0.15, 0.2) is 0 Å². The van der Waals surface area contributed by atoms with E-state index in [1.807, 2.05) is 12.1 Å². The highest BCUT2D eigenvalue weighted by Gasteiger charge is 2.26. The molecule has 0 bridgehead atoms. The van der Waals surface area contributed by atoms with E-state index < -0.39 is 12.4 Å². The smallest absolute Gasteiger partial charge is 0.254 e. The van der Waals surface area contributed by atoms with Gasteiger partial charge in [-0.25, -0.2) is 4.39 Å². The SMILES string of the molecule is COc1cc(CN2CCc3cc(F)c(CO)cc3C2=O)cc(OC)c1. The normalized spacial score (nSPS) is 13.6. The monoisotopic (exact) mass is 345 g/mol. The molecule has 0 saturated carbocycles. The van der Waals surface area contributed by atoms with Crippen LogP contribution < -0.4 is 9.47 Å². The van der Waals surface area contributed by atoms with Crippen LogP contribution >= 0.6 is 0 Å². The number of benzene rings is 2. The number of aliphatic hydroxyl groups is 1. The summed E-state index contributed by atoms with van der Waals surface area (Å²) in [4.78, 5) is 14.5. The van der Waals surface area contributed by atoms with Gasteiger partial charge in [-0.3, -0.25) is 4.79 Å². The maximum atomic E-state index is 13.8. The highest BCUT2D eigenvalue weighted by Crippen LogP contribution is 2.27. The average Bonchev–Trinajstić information content (AvgIpc) is 2.63. The van der Waals surface area contributed by atoms with E-state index in [0.29, 0.717) is 42.1 Å². The zero-order chi connectivity index (χ0) is 18.0. The minimum Gasteiger partial charge on any atom is -0.497 e. The Labute approximate surface area is 145 Å². The Kier molecular flexibility index (Phi) is 4.90. The predicted octanol–water partition coefficient (Wildman–Crippen LogP) is 2.53. The molecule has 0 aliphatic carbocycles. The summed E-state index contributed by atoms with van der Waals surface area (Å²) >= 11 is 0. The minimum absolute atomic E-state index is 0.136. The van der Waals surface area contributed by atoms with Crippen LogP contribution in [0.4, 0.5) is 4.39 Å². The number of halogens is 1. The van der Waals surface area contributed by atoms with Crippen molar-refractivity contribution in [1.29, 1.82) is 0 Å². The van der Waals surface area contributed by atoms with Gasteiger partial charge < -0.3 is 19.5 Å². The van der Waals surface area contributed by atoms with Crippen molar-refractivity contribution in [3.63, 3.8) is 0 Å². The number of methoxy groups -OCH3 is 2. The van der Waals surface area contributed by atoms with Gasteiger partial charge >= 0.3 is 0 Å². The Morgan fingerprint density at radius 1 is 1.12 bits per heavy atom. The van der Waals surface area contributed by atoms with Crippen molar-refractivity contribution in [1.82, 2.24) is 4.90 Å². The minimum atomic E-state index is -0.472. The van der Waals surface area contributed by atoms with Gasteiger partial charge in [0, 0.05) is 30.3 Å². The molecule has 1 heterocycles. The Morgan fingerprint density at radius 3 is 2.40 bits per heavy atom. The molecule has 1 aliphatic rings. The first kappa shape index (κ1) is 17.2. The van der Waals surface area contributed by atoms with Gasteiger partial charge in [-0.15, -0.1) is 0 Å². The molecule has 132 valence electrons. The van der Waals surface area contributed by atoms with Gasteiger partial charge in [-0.1, -0.05) is 0 Å². The van der Waals surface area contributed by atoms with Crippen molar-refractivity contribution in [2.24, 2.45) is 0 Å². The topological polar surface area (TPSA) is 59.0 Å². The molecule has 25 heavy (non-hydrogen) atoms. The molecule has 0 atom stereocenters. The lowest BCUT2D eigenvalue weighted by molar-refractivity contribution is 0.0726. The number of amides is 1. The maximum Gasteiger partial charge on any atom is 0.254 e. The molecule has 6 heteroatoms. The van der Waals surface area contributed by atoms with E-state index in [-0.39, 0.29) is 11.5 Å². The van der Waals surface area contributed by atoms with Crippen LogP contribution in [-0.4, -0.2) is 36.7 Å². The fourth-order valence-electron chi connectivity index (χ4n) is 3.04. The maximum absolute atomic E-state index is 13.8. The lowest BCUT2D eigenvalue weighted by atomic mass is 9.96. The quantitative estimate of drug-likeness (QED) is 0.905. The number of carbonyl (C=O) groups is 1. The molecule has 0 radical (unpaired) electrons. The van der Waals surface area contributed by atoms with Crippen LogP contribution in [0.25, 0.3) is 0 Å². The van der Waals surface area contributed by atoms with Gasteiger partial charge in [-0.05, 0) is 41.8 Å². The predicted molar refractivity (Wildman–Crippen MR) is 90.3 cm³/mol. The van der Waals surface area contributed by atoms with Crippen LogP contribution in [0.5, 0.6) is 11.5 Å². The van der Waals surface area contributed by atoms with Crippen molar-refractivity contribution in [2.45, 2.75) is 19.6 Å². The zero-order valence-electron chi connectivity index (χ0n) is 14.2. The highest BCUT2D eigenvalue weighted by molar-refractivity contribution is 5.97. The molecule has 2 aromatic carbocycles. The Morgan fingerprint density at radius 2 is 1.80 bits per heavy atom. The largest absolute Gasteiger partial charge is 0.497 e. The van der Waals surface area contributed by atoms with Gasteiger partial charge in [0.25, 0.3) is 5.91 Å². The Bertz CT molecular complexity index is 784. The first-order valence-corrected chi connectivity index (χ1v) is 7.99. The van der Waals surface area contributed by atoms with Crippen molar-refractivity contribution in [3.8, 4) is 11.5 Å². The van der Waals surface area contributed by atoms with Gasteiger partial charge in [0.2, 0.25) is 0 Å². The highest BCUT2D eigenvalue weighted by atomic mass is 19.1. The second-order valence-corrected chi connectivity index (χ2v) is 5.96. The number of hydrogen-bond donors (Lipinski definition) is 1. The molecule has 1 amide bonds. The third kappa shape index (κ3) is 3.44. The first-order valence-electron chi connectivity index (χ1n) is 7.99. The van der Waals surface area contributed by atoms with Crippen LogP contribution in [0, 0.1) is 5.82 Å². The molecule has 2 aromatic rings. The standard InChI is InChI=1S/C19H20FNO4/c1-24-15-5-12(6-16(9-15)25-2)10-21-4-3-13-8-18(20)14(11-22)7-17(13)19(21)23/h5-9,22H,3-4,10-11H2,1-2H3. The van der Waals surface area contributed by atoms with Gasteiger partial charge in [0.05, 0.1) is 20.8 Å². The van der Waals surface area contributed by atoms with Crippen LogP contribution in [0.15, 0.2) is 30.3 Å². The summed E-state index contributed by atoms with van der Waals surface area (Å²) < 4.78 is 24.3. The van der Waals surface area contributed by atoms with Crippen LogP contribution in [0.3, 0.4) is 0 Å². The van der Waals surface area contributed by atoms with E-state index in [2.05, 4.69) is 0 Å². The number of fused-ring (bicyclic) bond motifs is 1. The third-order valence-electron chi connectivity index (χ3n) is 4.40. The molecular formula is C19H20FNO4. The molecule has 1 aliphatic heterocycles. The number of carbonyl (C=O) groups excluding carboxylic acids is 1. The zero-order valence-corrected chi connectivity index (χ0v) is 14.2. The molecule has 0 spiro atoms. The number of aliphatic hydroxyl groups excluding tert-OH is 1. The van der Waals surface area contributed by atoms with Gasteiger partial charge in [-0.2, -0.15) is 0 Å². The van der Waals surface area contributed by atoms with E-state index >= 15 is 0 Å². The van der Waals surface area contributed by atoms with Crippen LogP contribution in [0.2, 0.25) is 0 Å². The van der Waals surface area contributed by atoms with Crippen molar-refractivity contribution >= 4 is 5.91 Å². The van der Waals surface area contributed by atoms with E-state index in [1.54, 1.807) is 25.2 Å². The number of rotatable bonds is 5.